The van der Waals surface area contributed by atoms with Gasteiger partial charge in [0.25, 0.3) is 0 Å². The maximum absolute atomic E-state index is 14.1. The Kier molecular flexibility index (Phi) is 3.59. The van der Waals surface area contributed by atoms with Crippen LogP contribution >= 0.6 is 0 Å². The van der Waals surface area contributed by atoms with E-state index < -0.39 is 0 Å². The minimum absolute atomic E-state index is 0.340. The first-order chi connectivity index (χ1) is 11.8. The summed E-state index contributed by atoms with van der Waals surface area (Å²) in [6.45, 7) is 0. The number of hydrogen-bond acceptors (Lipinski definition) is 3. The molecular formula is C19H14FN4+. The summed E-state index contributed by atoms with van der Waals surface area (Å²) in [5.41, 5.74) is 2.03. The van der Waals surface area contributed by atoms with Gasteiger partial charge in [0.05, 0.1) is 16.8 Å². The molecule has 2 N–H and O–H groups in total. The van der Waals surface area contributed by atoms with Gasteiger partial charge in [-0.1, -0.05) is 24.3 Å². The average molecular weight is 317 g/mol. The third-order valence-electron chi connectivity index (χ3n) is 3.70. The highest BCUT2D eigenvalue weighted by atomic mass is 19.1. The molecule has 0 aliphatic rings. The molecule has 4 rings (SSSR count). The van der Waals surface area contributed by atoms with Gasteiger partial charge >= 0.3 is 0 Å². The minimum atomic E-state index is -0.340. The van der Waals surface area contributed by atoms with E-state index in [4.69, 9.17) is 0 Å². The molecule has 4 nitrogen and oxygen atoms in total. The summed E-state index contributed by atoms with van der Waals surface area (Å²) >= 11 is 0. The second kappa shape index (κ2) is 6.04. The Bertz CT molecular complexity index is 1000. The Morgan fingerprint density at radius 2 is 1.58 bits per heavy atom. The molecule has 5 heteroatoms. The fourth-order valence-electron chi connectivity index (χ4n) is 2.54. The Labute approximate surface area is 138 Å². The summed E-state index contributed by atoms with van der Waals surface area (Å²) in [6, 6.07) is 18.0. The fraction of sp³-hybridized carbons (Fsp3) is 0. The first-order valence-corrected chi connectivity index (χ1v) is 7.56. The first-order valence-electron chi connectivity index (χ1n) is 7.56. The Hall–Kier alpha value is -3.34. The van der Waals surface area contributed by atoms with Crippen molar-refractivity contribution in [2.24, 2.45) is 0 Å². The normalized spacial score (nSPS) is 10.7. The molecule has 0 amide bonds. The molecule has 0 spiro atoms. The van der Waals surface area contributed by atoms with Gasteiger partial charge in [0.15, 0.2) is 18.2 Å². The molecule has 2 heterocycles. The molecule has 0 bridgehead atoms. The lowest BCUT2D eigenvalue weighted by Gasteiger charge is -2.10. The number of hydrogen-bond donors (Lipinski definition) is 1. The number of para-hydroxylation sites is 1. The lowest BCUT2D eigenvalue weighted by atomic mass is 10.1. The molecule has 0 aliphatic carbocycles. The predicted octanol–water partition coefficient (Wildman–Crippen LogP) is 3.99. The monoisotopic (exact) mass is 317 g/mol. The second-order valence-corrected chi connectivity index (χ2v) is 5.31. The number of aromatic nitrogens is 3. The van der Waals surface area contributed by atoms with Crippen LogP contribution in [0.4, 0.5) is 15.9 Å². The van der Waals surface area contributed by atoms with Gasteiger partial charge in [-0.05, 0) is 24.3 Å². The van der Waals surface area contributed by atoms with E-state index in [1.165, 1.54) is 6.07 Å². The second-order valence-electron chi connectivity index (χ2n) is 5.31. The van der Waals surface area contributed by atoms with Gasteiger partial charge in [-0.15, -0.1) is 0 Å². The Balaban J connectivity index is 1.90. The van der Waals surface area contributed by atoms with E-state index in [2.05, 4.69) is 20.3 Å². The fourth-order valence-corrected chi connectivity index (χ4v) is 2.54. The number of pyridine rings is 1. The Morgan fingerprint density at radius 1 is 0.833 bits per heavy atom. The molecule has 0 radical (unpaired) electrons. The van der Waals surface area contributed by atoms with Gasteiger partial charge in [-0.2, -0.15) is 0 Å². The molecule has 0 fully saturated rings. The molecule has 0 atom stereocenters. The van der Waals surface area contributed by atoms with Crippen LogP contribution in [-0.4, -0.2) is 9.97 Å². The number of nitrogens with zero attached hydrogens (tertiary/aromatic N) is 2. The Morgan fingerprint density at radius 3 is 2.42 bits per heavy atom. The number of halogens is 1. The van der Waals surface area contributed by atoms with E-state index >= 15 is 0 Å². The molecule has 2 aromatic carbocycles. The molecule has 2 aromatic heterocycles. The molecule has 0 saturated heterocycles. The van der Waals surface area contributed by atoms with E-state index in [-0.39, 0.29) is 5.82 Å². The molecule has 0 aliphatic heterocycles. The van der Waals surface area contributed by atoms with Crippen LogP contribution in [0.2, 0.25) is 0 Å². The van der Waals surface area contributed by atoms with Crippen LogP contribution in [0.1, 0.15) is 0 Å². The van der Waals surface area contributed by atoms with Gasteiger partial charge in [0.1, 0.15) is 11.6 Å². The standard InChI is InChI=1S/C19H13FN4/c20-16-7-3-1-5-14(16)18-23-17-8-4-2-6-15(17)19(24-18)22-13-9-11-21-12-10-13/h1-12H,(H,21,22,23,24)/p+1. The number of H-pyrrole nitrogens is 1. The molecule has 116 valence electrons. The maximum Gasteiger partial charge on any atom is 0.169 e. The van der Waals surface area contributed by atoms with Gasteiger partial charge in [-0.25, -0.2) is 19.3 Å². The third kappa shape index (κ3) is 2.67. The van der Waals surface area contributed by atoms with Crippen LogP contribution < -0.4 is 10.3 Å². The highest BCUT2D eigenvalue weighted by Gasteiger charge is 2.12. The number of benzene rings is 2. The summed E-state index contributed by atoms with van der Waals surface area (Å²) in [6.07, 6.45) is 3.65. The predicted molar refractivity (Wildman–Crippen MR) is 91.2 cm³/mol. The SMILES string of the molecule is Fc1ccccc1-c1nc(Nc2cc[nH+]cc2)c2ccccc2n1. The number of fused-ring (bicyclic) bond motifs is 1. The van der Waals surface area contributed by atoms with Crippen LogP contribution in [0.3, 0.4) is 0 Å². The van der Waals surface area contributed by atoms with Gasteiger partial charge in [0, 0.05) is 17.5 Å². The lowest BCUT2D eigenvalue weighted by Crippen LogP contribution is -2.02. The van der Waals surface area contributed by atoms with Gasteiger partial charge in [0.2, 0.25) is 0 Å². The third-order valence-corrected chi connectivity index (χ3v) is 3.70. The molecule has 24 heavy (non-hydrogen) atoms. The van der Waals surface area contributed by atoms with E-state index in [1.54, 1.807) is 18.2 Å². The van der Waals surface area contributed by atoms with Crippen molar-refractivity contribution in [2.75, 3.05) is 5.32 Å². The smallest absolute Gasteiger partial charge is 0.169 e. The van der Waals surface area contributed by atoms with Crippen molar-refractivity contribution in [3.63, 3.8) is 0 Å². The minimum Gasteiger partial charge on any atom is -0.339 e. The molecule has 4 aromatic rings. The van der Waals surface area contributed by atoms with Crippen LogP contribution in [-0.2, 0) is 0 Å². The van der Waals surface area contributed by atoms with E-state index in [0.29, 0.717) is 17.2 Å². The quantitative estimate of drug-likeness (QED) is 0.621. The number of nitrogens with one attached hydrogen (secondary N) is 2. The van der Waals surface area contributed by atoms with Crippen molar-refractivity contribution in [1.29, 1.82) is 0 Å². The summed E-state index contributed by atoms with van der Waals surface area (Å²) in [5, 5.41) is 4.16. The van der Waals surface area contributed by atoms with E-state index in [9.17, 15) is 4.39 Å². The van der Waals surface area contributed by atoms with Crippen molar-refractivity contribution in [2.45, 2.75) is 0 Å². The molecule has 0 unspecified atom stereocenters. The molecular weight excluding hydrogens is 303 g/mol. The van der Waals surface area contributed by atoms with Crippen molar-refractivity contribution >= 4 is 22.4 Å². The summed E-state index contributed by atoms with van der Waals surface area (Å²) in [7, 11) is 0. The van der Waals surface area contributed by atoms with E-state index in [0.717, 1.165) is 16.6 Å². The summed E-state index contributed by atoms with van der Waals surface area (Å²) in [5.74, 6) is 0.662. The summed E-state index contributed by atoms with van der Waals surface area (Å²) < 4.78 is 14.1. The average Bonchev–Trinajstić information content (AvgIpc) is 2.63. The van der Waals surface area contributed by atoms with Crippen molar-refractivity contribution in [3.8, 4) is 11.4 Å². The summed E-state index contributed by atoms with van der Waals surface area (Å²) in [4.78, 5) is 12.0. The zero-order valence-corrected chi connectivity index (χ0v) is 12.7. The van der Waals surface area contributed by atoms with Gasteiger partial charge < -0.3 is 5.32 Å². The zero-order valence-electron chi connectivity index (χ0n) is 12.7. The topological polar surface area (TPSA) is 52.0 Å². The highest BCUT2D eigenvalue weighted by Crippen LogP contribution is 2.27. The van der Waals surface area contributed by atoms with Crippen LogP contribution in [0.5, 0.6) is 0 Å². The highest BCUT2D eigenvalue weighted by molar-refractivity contribution is 5.92. The number of rotatable bonds is 3. The maximum atomic E-state index is 14.1. The number of aromatic amines is 1. The van der Waals surface area contributed by atoms with Crippen LogP contribution in [0, 0.1) is 5.82 Å². The van der Waals surface area contributed by atoms with E-state index in [1.807, 2.05) is 48.8 Å². The lowest BCUT2D eigenvalue weighted by molar-refractivity contribution is -0.377. The zero-order chi connectivity index (χ0) is 16.4. The molecule has 0 saturated carbocycles. The van der Waals surface area contributed by atoms with Crippen molar-refractivity contribution in [3.05, 3.63) is 78.9 Å². The van der Waals surface area contributed by atoms with Crippen LogP contribution in [0.25, 0.3) is 22.3 Å². The van der Waals surface area contributed by atoms with Crippen molar-refractivity contribution < 1.29 is 9.37 Å². The van der Waals surface area contributed by atoms with Crippen LogP contribution in [0.15, 0.2) is 73.1 Å². The van der Waals surface area contributed by atoms with Gasteiger partial charge in [-0.3, -0.25) is 0 Å². The van der Waals surface area contributed by atoms with Crippen molar-refractivity contribution in [1.82, 2.24) is 9.97 Å². The first kappa shape index (κ1) is 14.3. The largest absolute Gasteiger partial charge is 0.339 e. The number of anilines is 2.